The van der Waals surface area contributed by atoms with Gasteiger partial charge in [0.05, 0.1) is 7.11 Å². The van der Waals surface area contributed by atoms with Gasteiger partial charge in [-0.2, -0.15) is 0 Å². The van der Waals surface area contributed by atoms with E-state index in [1.165, 1.54) is 11.0 Å². The number of benzene rings is 2. The van der Waals surface area contributed by atoms with E-state index in [1.54, 1.807) is 31.4 Å². The molecule has 6 heteroatoms. The van der Waals surface area contributed by atoms with Crippen molar-refractivity contribution in [1.82, 2.24) is 4.90 Å². The first-order chi connectivity index (χ1) is 13.1. The summed E-state index contributed by atoms with van der Waals surface area (Å²) >= 11 is 0. The molecule has 1 aliphatic rings. The number of carbonyl (C=O) groups excluding carboxylic acids is 1. The van der Waals surface area contributed by atoms with E-state index in [1.807, 2.05) is 6.07 Å². The summed E-state index contributed by atoms with van der Waals surface area (Å²) < 4.78 is 5.48. The van der Waals surface area contributed by atoms with Crippen LogP contribution in [0.4, 0.5) is 0 Å². The van der Waals surface area contributed by atoms with Gasteiger partial charge in [0.2, 0.25) is 0 Å². The van der Waals surface area contributed by atoms with Crippen molar-refractivity contribution in [1.29, 1.82) is 0 Å². The van der Waals surface area contributed by atoms with Gasteiger partial charge < -0.3 is 19.8 Å². The Bertz CT molecular complexity index is 929. The first-order valence-electron chi connectivity index (χ1n) is 9.15. The molecule has 3 rings (SSSR count). The Balaban J connectivity index is 1.99. The standard InChI is InChI=1S/C22H25NO5/c1-22(2,3)17-8-6-14(11-19(17)28-4)20(25)23-12-15-9-16(24)7-5-13(15)10-18(23)21(26)27/h5-9,11,18,24H,10,12H2,1-4H3,(H,26,27). The predicted octanol–water partition coefficient (Wildman–Crippen LogP) is 3.35. The van der Waals surface area contributed by atoms with Gasteiger partial charge in [0.25, 0.3) is 5.91 Å². The quantitative estimate of drug-likeness (QED) is 0.849. The molecule has 28 heavy (non-hydrogen) atoms. The third-order valence-electron chi connectivity index (χ3n) is 5.12. The molecule has 0 spiro atoms. The highest BCUT2D eigenvalue weighted by atomic mass is 16.5. The van der Waals surface area contributed by atoms with E-state index in [0.717, 1.165) is 16.7 Å². The van der Waals surface area contributed by atoms with Crippen LogP contribution in [0.1, 0.15) is 47.8 Å². The molecule has 2 aromatic carbocycles. The molecule has 2 N–H and O–H groups in total. The fourth-order valence-electron chi connectivity index (χ4n) is 3.61. The molecule has 2 aromatic rings. The predicted molar refractivity (Wildman–Crippen MR) is 105 cm³/mol. The van der Waals surface area contributed by atoms with Crippen LogP contribution in [0.5, 0.6) is 11.5 Å². The molecule has 148 valence electrons. The molecule has 0 saturated heterocycles. The summed E-state index contributed by atoms with van der Waals surface area (Å²) in [5, 5.41) is 19.4. The average Bonchev–Trinajstić information content (AvgIpc) is 2.64. The Morgan fingerprint density at radius 2 is 1.82 bits per heavy atom. The number of fused-ring (bicyclic) bond motifs is 1. The normalized spacial score (nSPS) is 16.4. The van der Waals surface area contributed by atoms with Crippen LogP contribution < -0.4 is 4.74 Å². The van der Waals surface area contributed by atoms with Crippen LogP contribution in [0.2, 0.25) is 0 Å². The second-order valence-corrected chi connectivity index (χ2v) is 8.11. The maximum Gasteiger partial charge on any atom is 0.326 e. The van der Waals surface area contributed by atoms with Gasteiger partial charge in [0.15, 0.2) is 0 Å². The van der Waals surface area contributed by atoms with E-state index < -0.39 is 12.0 Å². The zero-order chi connectivity index (χ0) is 20.6. The second kappa shape index (κ2) is 7.19. The van der Waals surface area contributed by atoms with Gasteiger partial charge in [0, 0.05) is 18.5 Å². The van der Waals surface area contributed by atoms with Gasteiger partial charge in [-0.1, -0.05) is 32.9 Å². The average molecular weight is 383 g/mol. The molecular formula is C22H25NO5. The van der Waals surface area contributed by atoms with Gasteiger partial charge in [-0.25, -0.2) is 4.79 Å². The van der Waals surface area contributed by atoms with Crippen LogP contribution in [-0.2, 0) is 23.2 Å². The van der Waals surface area contributed by atoms with E-state index in [9.17, 15) is 19.8 Å². The van der Waals surface area contributed by atoms with Gasteiger partial charge in [-0.15, -0.1) is 0 Å². The third-order valence-corrected chi connectivity index (χ3v) is 5.12. The molecule has 0 saturated carbocycles. The maximum atomic E-state index is 13.2. The van der Waals surface area contributed by atoms with E-state index in [4.69, 9.17) is 4.74 Å². The summed E-state index contributed by atoms with van der Waals surface area (Å²) in [6.07, 6.45) is 0.202. The summed E-state index contributed by atoms with van der Waals surface area (Å²) in [4.78, 5) is 26.3. The van der Waals surface area contributed by atoms with Crippen LogP contribution in [-0.4, -0.2) is 40.1 Å². The molecular weight excluding hydrogens is 358 g/mol. The molecule has 0 aliphatic carbocycles. The van der Waals surface area contributed by atoms with Gasteiger partial charge in [-0.05, 0) is 46.4 Å². The Morgan fingerprint density at radius 1 is 1.11 bits per heavy atom. The lowest BCUT2D eigenvalue weighted by molar-refractivity contribution is -0.142. The van der Waals surface area contributed by atoms with Crippen LogP contribution in [0.15, 0.2) is 36.4 Å². The number of carbonyl (C=O) groups is 2. The number of methoxy groups -OCH3 is 1. The van der Waals surface area contributed by atoms with Crippen molar-refractivity contribution in [3.05, 3.63) is 58.7 Å². The first kappa shape index (κ1) is 19.7. The monoisotopic (exact) mass is 383 g/mol. The van der Waals surface area contributed by atoms with Crippen LogP contribution in [0.3, 0.4) is 0 Å². The molecule has 0 fully saturated rings. The highest BCUT2D eigenvalue weighted by Gasteiger charge is 2.35. The van der Waals surface area contributed by atoms with Gasteiger partial charge in [0.1, 0.15) is 17.5 Å². The van der Waals surface area contributed by atoms with Gasteiger partial charge in [-0.3, -0.25) is 4.79 Å². The number of phenolic OH excluding ortho intramolecular Hbond substituents is 1. The molecule has 1 heterocycles. The Labute approximate surface area is 164 Å². The van der Waals surface area contributed by atoms with E-state index in [0.29, 0.717) is 11.3 Å². The number of hydrogen-bond donors (Lipinski definition) is 2. The summed E-state index contributed by atoms with van der Waals surface area (Å²) in [6.45, 7) is 6.30. The largest absolute Gasteiger partial charge is 0.508 e. The lowest BCUT2D eigenvalue weighted by atomic mass is 9.85. The lowest BCUT2D eigenvalue weighted by Crippen LogP contribution is -2.48. The summed E-state index contributed by atoms with van der Waals surface area (Å²) in [5.74, 6) is -0.734. The van der Waals surface area contributed by atoms with Crippen molar-refractivity contribution in [3.63, 3.8) is 0 Å². The zero-order valence-corrected chi connectivity index (χ0v) is 16.5. The van der Waals surface area contributed by atoms with Crippen molar-refractivity contribution < 1.29 is 24.5 Å². The van der Waals surface area contributed by atoms with E-state index >= 15 is 0 Å². The number of carboxylic acids is 1. The van der Waals surface area contributed by atoms with Crippen molar-refractivity contribution in [3.8, 4) is 11.5 Å². The smallest absolute Gasteiger partial charge is 0.326 e. The van der Waals surface area contributed by atoms with Crippen molar-refractivity contribution >= 4 is 11.9 Å². The third kappa shape index (κ3) is 3.67. The van der Waals surface area contributed by atoms with Crippen molar-refractivity contribution in [2.45, 2.75) is 45.2 Å². The number of aromatic hydroxyl groups is 1. The summed E-state index contributed by atoms with van der Waals surface area (Å²) in [7, 11) is 1.55. The van der Waals surface area contributed by atoms with Crippen molar-refractivity contribution in [2.24, 2.45) is 0 Å². The van der Waals surface area contributed by atoms with Crippen LogP contribution >= 0.6 is 0 Å². The first-order valence-corrected chi connectivity index (χ1v) is 9.15. The van der Waals surface area contributed by atoms with Crippen LogP contribution in [0, 0.1) is 0 Å². The number of hydrogen-bond acceptors (Lipinski definition) is 4. The van der Waals surface area contributed by atoms with Gasteiger partial charge >= 0.3 is 5.97 Å². The van der Waals surface area contributed by atoms with Crippen molar-refractivity contribution in [2.75, 3.05) is 7.11 Å². The lowest BCUT2D eigenvalue weighted by Gasteiger charge is -2.34. The number of carboxylic acid groups (broad SMARTS) is 1. The zero-order valence-electron chi connectivity index (χ0n) is 16.5. The maximum absolute atomic E-state index is 13.2. The summed E-state index contributed by atoms with van der Waals surface area (Å²) in [5.41, 5.74) is 2.77. The second-order valence-electron chi connectivity index (χ2n) is 8.11. The summed E-state index contributed by atoms with van der Waals surface area (Å²) in [6, 6.07) is 9.09. The van der Waals surface area contributed by atoms with Crippen LogP contribution in [0.25, 0.3) is 0 Å². The minimum absolute atomic E-state index is 0.0936. The SMILES string of the molecule is COc1cc(C(=O)N2Cc3cc(O)ccc3CC2C(=O)O)ccc1C(C)(C)C. The molecule has 6 nitrogen and oxygen atoms in total. The number of phenols is 1. The molecule has 1 aliphatic heterocycles. The van der Waals surface area contributed by atoms with E-state index in [-0.39, 0.29) is 30.0 Å². The number of aliphatic carboxylic acids is 1. The molecule has 0 radical (unpaired) electrons. The Kier molecular flexibility index (Phi) is 5.06. The highest BCUT2D eigenvalue weighted by molar-refractivity contribution is 5.97. The molecule has 0 aromatic heterocycles. The minimum atomic E-state index is -1.05. The topological polar surface area (TPSA) is 87.1 Å². The number of nitrogens with zero attached hydrogens (tertiary/aromatic N) is 1. The fourth-order valence-corrected chi connectivity index (χ4v) is 3.61. The molecule has 1 amide bonds. The highest BCUT2D eigenvalue weighted by Crippen LogP contribution is 2.33. The number of rotatable bonds is 3. The fraction of sp³-hybridized carbons (Fsp3) is 0.364. The Hall–Kier alpha value is -3.02. The Morgan fingerprint density at radius 3 is 2.43 bits per heavy atom. The number of ether oxygens (including phenoxy) is 1. The van der Waals surface area contributed by atoms with E-state index in [2.05, 4.69) is 20.8 Å². The molecule has 0 bridgehead atoms. The molecule has 1 unspecified atom stereocenters. The molecule has 1 atom stereocenters. The number of amides is 1. The minimum Gasteiger partial charge on any atom is -0.508 e.